The van der Waals surface area contributed by atoms with E-state index < -0.39 is 0 Å². The van der Waals surface area contributed by atoms with Crippen molar-refractivity contribution in [1.82, 2.24) is 20.3 Å². The van der Waals surface area contributed by atoms with Crippen molar-refractivity contribution in [3.63, 3.8) is 0 Å². The number of aromatic nitrogens is 3. The third-order valence-electron chi connectivity index (χ3n) is 3.54. The first-order chi connectivity index (χ1) is 9.35. The third-order valence-corrected chi connectivity index (χ3v) is 3.54. The van der Waals surface area contributed by atoms with E-state index in [1.165, 1.54) is 11.1 Å². The highest BCUT2D eigenvalue weighted by molar-refractivity contribution is 5.33. The lowest BCUT2D eigenvalue weighted by molar-refractivity contribution is 0.268. The molecule has 0 amide bonds. The zero-order valence-electron chi connectivity index (χ0n) is 10.8. The second-order valence-corrected chi connectivity index (χ2v) is 4.95. The standard InChI is InChI=1S/C14H18N4O/c19-6-5-18-10-14(16-17-18)9-15-13-7-11-3-1-2-4-12(11)8-13/h1-4,10,13,15,19H,5-9H2. The molecule has 5 heteroatoms. The summed E-state index contributed by atoms with van der Waals surface area (Å²) in [5, 5.41) is 20.4. The number of nitrogens with one attached hydrogen (secondary N) is 1. The van der Waals surface area contributed by atoms with Crippen molar-refractivity contribution >= 4 is 0 Å². The maximum absolute atomic E-state index is 8.83. The average molecular weight is 258 g/mol. The number of hydrogen-bond donors (Lipinski definition) is 2. The van der Waals surface area contributed by atoms with E-state index in [0.29, 0.717) is 12.6 Å². The summed E-state index contributed by atoms with van der Waals surface area (Å²) in [6.45, 7) is 1.32. The molecule has 0 saturated heterocycles. The lowest BCUT2D eigenvalue weighted by Crippen LogP contribution is -2.29. The Kier molecular flexibility index (Phi) is 3.57. The second kappa shape index (κ2) is 5.50. The van der Waals surface area contributed by atoms with Gasteiger partial charge in [0.2, 0.25) is 0 Å². The van der Waals surface area contributed by atoms with Gasteiger partial charge in [-0.1, -0.05) is 29.5 Å². The van der Waals surface area contributed by atoms with Crippen LogP contribution in [0.2, 0.25) is 0 Å². The summed E-state index contributed by atoms with van der Waals surface area (Å²) >= 11 is 0. The van der Waals surface area contributed by atoms with Crippen LogP contribution in [0, 0.1) is 0 Å². The number of benzene rings is 1. The summed E-state index contributed by atoms with van der Waals surface area (Å²) < 4.78 is 1.67. The number of nitrogens with zero attached hydrogens (tertiary/aromatic N) is 3. The molecule has 1 aromatic heterocycles. The molecule has 2 N–H and O–H groups in total. The van der Waals surface area contributed by atoms with Crippen molar-refractivity contribution in [3.8, 4) is 0 Å². The van der Waals surface area contributed by atoms with Gasteiger partial charge in [-0.2, -0.15) is 0 Å². The zero-order valence-corrected chi connectivity index (χ0v) is 10.8. The van der Waals surface area contributed by atoms with Crippen LogP contribution in [0.5, 0.6) is 0 Å². The molecule has 5 nitrogen and oxygen atoms in total. The quantitative estimate of drug-likeness (QED) is 0.821. The van der Waals surface area contributed by atoms with Gasteiger partial charge in [0.25, 0.3) is 0 Å². The highest BCUT2D eigenvalue weighted by atomic mass is 16.3. The summed E-state index contributed by atoms with van der Waals surface area (Å²) in [6, 6.07) is 9.09. The van der Waals surface area contributed by atoms with E-state index in [-0.39, 0.29) is 6.61 Å². The highest BCUT2D eigenvalue weighted by Gasteiger charge is 2.20. The Bertz CT molecular complexity index is 527. The largest absolute Gasteiger partial charge is 0.394 e. The molecule has 1 aliphatic rings. The van der Waals surface area contributed by atoms with Crippen LogP contribution in [-0.4, -0.2) is 32.7 Å². The molecule has 0 unspecified atom stereocenters. The maximum Gasteiger partial charge on any atom is 0.0964 e. The molecule has 0 radical (unpaired) electrons. The molecule has 1 aliphatic carbocycles. The van der Waals surface area contributed by atoms with E-state index in [1.807, 2.05) is 6.20 Å². The van der Waals surface area contributed by atoms with Gasteiger partial charge in [-0.3, -0.25) is 0 Å². The molecule has 2 aromatic rings. The van der Waals surface area contributed by atoms with Crippen LogP contribution in [-0.2, 0) is 25.9 Å². The summed E-state index contributed by atoms with van der Waals surface area (Å²) in [5.41, 5.74) is 3.82. The van der Waals surface area contributed by atoms with Crippen molar-refractivity contribution in [2.24, 2.45) is 0 Å². The first kappa shape index (κ1) is 12.3. The lowest BCUT2D eigenvalue weighted by atomic mass is 10.1. The molecule has 0 saturated carbocycles. The summed E-state index contributed by atoms with van der Waals surface area (Å²) in [7, 11) is 0. The van der Waals surface area contributed by atoms with Gasteiger partial charge in [0.05, 0.1) is 18.8 Å². The zero-order chi connectivity index (χ0) is 13.1. The third kappa shape index (κ3) is 2.83. The van der Waals surface area contributed by atoms with Gasteiger partial charge in [0.1, 0.15) is 0 Å². The minimum absolute atomic E-state index is 0.0914. The van der Waals surface area contributed by atoms with E-state index in [9.17, 15) is 0 Å². The van der Waals surface area contributed by atoms with Crippen LogP contribution in [0.15, 0.2) is 30.5 Å². The number of fused-ring (bicyclic) bond motifs is 1. The molecule has 0 fully saturated rings. The number of aliphatic hydroxyl groups is 1. The fourth-order valence-corrected chi connectivity index (χ4v) is 2.58. The molecule has 3 rings (SSSR count). The summed E-state index contributed by atoms with van der Waals surface area (Å²) in [6.07, 6.45) is 4.05. The maximum atomic E-state index is 8.83. The van der Waals surface area contributed by atoms with Gasteiger partial charge < -0.3 is 10.4 Å². The highest BCUT2D eigenvalue weighted by Crippen LogP contribution is 2.21. The predicted octanol–water partition coefficient (Wildman–Crippen LogP) is 0.527. The lowest BCUT2D eigenvalue weighted by Gasteiger charge is -2.09. The molecule has 19 heavy (non-hydrogen) atoms. The van der Waals surface area contributed by atoms with E-state index >= 15 is 0 Å². The van der Waals surface area contributed by atoms with Crippen LogP contribution < -0.4 is 5.32 Å². The van der Waals surface area contributed by atoms with E-state index in [4.69, 9.17) is 5.11 Å². The Morgan fingerprint density at radius 2 is 2.00 bits per heavy atom. The van der Waals surface area contributed by atoms with Crippen LogP contribution >= 0.6 is 0 Å². The van der Waals surface area contributed by atoms with Gasteiger partial charge in [0, 0.05) is 18.8 Å². The van der Waals surface area contributed by atoms with Gasteiger partial charge in [-0.05, 0) is 24.0 Å². The molecule has 0 aliphatic heterocycles. The van der Waals surface area contributed by atoms with Crippen LogP contribution in [0.25, 0.3) is 0 Å². The normalized spacial score (nSPS) is 14.8. The van der Waals surface area contributed by atoms with Crippen molar-refractivity contribution in [1.29, 1.82) is 0 Å². The Hall–Kier alpha value is -1.72. The van der Waals surface area contributed by atoms with Crippen molar-refractivity contribution in [2.45, 2.75) is 32.0 Å². The Labute approximate surface area is 112 Å². The minimum atomic E-state index is 0.0914. The Balaban J connectivity index is 1.53. The number of hydrogen-bond acceptors (Lipinski definition) is 4. The Morgan fingerprint density at radius 1 is 1.26 bits per heavy atom. The summed E-state index contributed by atoms with van der Waals surface area (Å²) in [5.74, 6) is 0. The molecular formula is C14H18N4O. The topological polar surface area (TPSA) is 63.0 Å². The fraction of sp³-hybridized carbons (Fsp3) is 0.429. The van der Waals surface area contributed by atoms with Gasteiger partial charge in [-0.15, -0.1) is 5.10 Å². The molecule has 0 spiro atoms. The molecule has 100 valence electrons. The second-order valence-electron chi connectivity index (χ2n) is 4.95. The van der Waals surface area contributed by atoms with E-state index in [1.54, 1.807) is 4.68 Å². The van der Waals surface area contributed by atoms with Gasteiger partial charge >= 0.3 is 0 Å². The minimum Gasteiger partial charge on any atom is -0.394 e. The van der Waals surface area contributed by atoms with Crippen molar-refractivity contribution in [3.05, 3.63) is 47.3 Å². The fourth-order valence-electron chi connectivity index (χ4n) is 2.58. The van der Waals surface area contributed by atoms with E-state index in [0.717, 1.165) is 25.1 Å². The first-order valence-corrected chi connectivity index (χ1v) is 6.65. The predicted molar refractivity (Wildman–Crippen MR) is 71.6 cm³/mol. The molecule has 0 atom stereocenters. The molecule has 0 bridgehead atoms. The van der Waals surface area contributed by atoms with Crippen molar-refractivity contribution in [2.75, 3.05) is 6.61 Å². The average Bonchev–Trinajstić information content (AvgIpc) is 3.02. The Morgan fingerprint density at radius 3 is 2.68 bits per heavy atom. The molecule has 1 heterocycles. The molecular weight excluding hydrogens is 240 g/mol. The summed E-state index contributed by atoms with van der Waals surface area (Å²) in [4.78, 5) is 0. The van der Waals surface area contributed by atoms with Crippen molar-refractivity contribution < 1.29 is 5.11 Å². The van der Waals surface area contributed by atoms with Crippen LogP contribution in [0.4, 0.5) is 0 Å². The molecule has 1 aromatic carbocycles. The number of rotatable bonds is 5. The van der Waals surface area contributed by atoms with Crippen LogP contribution in [0.3, 0.4) is 0 Å². The van der Waals surface area contributed by atoms with Gasteiger partial charge in [-0.25, -0.2) is 4.68 Å². The number of aliphatic hydroxyl groups excluding tert-OH is 1. The van der Waals surface area contributed by atoms with Crippen LogP contribution in [0.1, 0.15) is 16.8 Å². The van der Waals surface area contributed by atoms with E-state index in [2.05, 4.69) is 39.9 Å². The monoisotopic (exact) mass is 258 g/mol. The van der Waals surface area contributed by atoms with Gasteiger partial charge in [0.15, 0.2) is 0 Å². The first-order valence-electron chi connectivity index (χ1n) is 6.65. The smallest absolute Gasteiger partial charge is 0.0964 e. The SMILES string of the molecule is OCCn1cc(CNC2Cc3ccccc3C2)nn1.